The molecule has 1 rings (SSSR count). The Labute approximate surface area is 102 Å². The van der Waals surface area contributed by atoms with Gasteiger partial charge in [-0.05, 0) is 31.5 Å². The minimum absolute atomic E-state index is 0.197. The zero-order chi connectivity index (χ0) is 12.7. The Bertz CT molecular complexity index is 379. The van der Waals surface area contributed by atoms with Gasteiger partial charge >= 0.3 is 5.97 Å². The lowest BCUT2D eigenvalue weighted by molar-refractivity contribution is -0.145. The topological polar surface area (TPSA) is 35.5 Å². The van der Waals surface area contributed by atoms with Crippen LogP contribution in [-0.2, 0) is 9.53 Å². The first-order valence-electron chi connectivity index (χ1n) is 5.66. The van der Waals surface area contributed by atoms with Gasteiger partial charge in [0, 0.05) is 0 Å². The number of hydrogen-bond donors (Lipinski definition) is 0. The molecule has 0 unspecified atom stereocenters. The van der Waals surface area contributed by atoms with Crippen molar-refractivity contribution in [1.29, 1.82) is 0 Å². The number of benzene rings is 1. The highest BCUT2D eigenvalue weighted by atomic mass is 16.5. The number of carbonyl (C=O) groups is 1. The van der Waals surface area contributed by atoms with Crippen LogP contribution < -0.4 is 4.74 Å². The molecular weight excluding hydrogens is 216 g/mol. The molecule has 0 saturated heterocycles. The fourth-order valence-corrected chi connectivity index (χ4v) is 1.32. The second-order valence-electron chi connectivity index (χ2n) is 3.67. The van der Waals surface area contributed by atoms with E-state index in [1.54, 1.807) is 14.0 Å². The Morgan fingerprint density at radius 1 is 1.35 bits per heavy atom. The third-order valence-electron chi connectivity index (χ3n) is 2.35. The molecular formula is C14H18O3. The van der Waals surface area contributed by atoms with Crippen LogP contribution in [0.15, 0.2) is 30.3 Å². The Morgan fingerprint density at radius 3 is 2.53 bits per heavy atom. The molecule has 0 aliphatic heterocycles. The minimum Gasteiger partial charge on any atom is -0.497 e. The summed E-state index contributed by atoms with van der Waals surface area (Å²) < 4.78 is 9.99. The maximum Gasteiger partial charge on any atom is 0.312 e. The van der Waals surface area contributed by atoms with Crippen molar-refractivity contribution in [3.05, 3.63) is 35.9 Å². The largest absolute Gasteiger partial charge is 0.497 e. The van der Waals surface area contributed by atoms with Gasteiger partial charge in [-0.1, -0.05) is 24.3 Å². The molecule has 1 aromatic carbocycles. The summed E-state index contributed by atoms with van der Waals surface area (Å²) in [6.45, 7) is 4.04. The number of rotatable bonds is 5. The van der Waals surface area contributed by atoms with Crippen molar-refractivity contribution in [2.45, 2.75) is 13.8 Å². The van der Waals surface area contributed by atoms with Gasteiger partial charge in [-0.3, -0.25) is 4.79 Å². The van der Waals surface area contributed by atoms with Crippen molar-refractivity contribution in [1.82, 2.24) is 0 Å². The second-order valence-corrected chi connectivity index (χ2v) is 3.67. The third-order valence-corrected chi connectivity index (χ3v) is 2.35. The molecule has 1 atom stereocenters. The monoisotopic (exact) mass is 234 g/mol. The fourth-order valence-electron chi connectivity index (χ4n) is 1.32. The van der Waals surface area contributed by atoms with Crippen LogP contribution in [0, 0.1) is 5.92 Å². The van der Waals surface area contributed by atoms with Crippen molar-refractivity contribution in [2.24, 2.45) is 5.92 Å². The van der Waals surface area contributed by atoms with E-state index >= 15 is 0 Å². The van der Waals surface area contributed by atoms with Crippen LogP contribution in [0.2, 0.25) is 0 Å². The van der Waals surface area contributed by atoms with Crippen molar-refractivity contribution < 1.29 is 14.3 Å². The molecule has 92 valence electrons. The maximum absolute atomic E-state index is 11.4. The molecule has 0 bridgehead atoms. The maximum atomic E-state index is 11.4. The second kappa shape index (κ2) is 6.74. The average molecular weight is 234 g/mol. The quantitative estimate of drug-likeness (QED) is 0.735. The third kappa shape index (κ3) is 4.31. The Kier molecular flexibility index (Phi) is 5.27. The smallest absolute Gasteiger partial charge is 0.312 e. The average Bonchev–Trinajstić information content (AvgIpc) is 2.36. The number of methoxy groups -OCH3 is 1. The molecule has 0 aromatic heterocycles. The molecule has 0 spiro atoms. The van der Waals surface area contributed by atoms with Gasteiger partial charge in [0.1, 0.15) is 5.75 Å². The van der Waals surface area contributed by atoms with E-state index in [9.17, 15) is 4.79 Å². The molecule has 0 amide bonds. The predicted molar refractivity (Wildman–Crippen MR) is 67.8 cm³/mol. The van der Waals surface area contributed by atoms with Crippen LogP contribution in [0.4, 0.5) is 0 Å². The molecule has 0 N–H and O–H groups in total. The molecule has 0 saturated carbocycles. The SMILES string of the molecule is CCOC(=O)[C@H](C)/C=C/c1ccc(OC)cc1. The summed E-state index contributed by atoms with van der Waals surface area (Å²) in [5.41, 5.74) is 1.03. The summed E-state index contributed by atoms with van der Waals surface area (Å²) >= 11 is 0. The van der Waals surface area contributed by atoms with Crippen molar-refractivity contribution >= 4 is 12.0 Å². The van der Waals surface area contributed by atoms with Crippen LogP contribution in [-0.4, -0.2) is 19.7 Å². The van der Waals surface area contributed by atoms with E-state index in [1.165, 1.54) is 0 Å². The standard InChI is InChI=1S/C14H18O3/c1-4-17-14(15)11(2)5-6-12-7-9-13(16-3)10-8-12/h5-11H,4H2,1-3H3/b6-5+/t11-/m1/s1. The van der Waals surface area contributed by atoms with Gasteiger partial charge in [0.25, 0.3) is 0 Å². The molecule has 0 radical (unpaired) electrons. The molecule has 1 aromatic rings. The van der Waals surface area contributed by atoms with E-state index in [2.05, 4.69) is 0 Å². The lowest BCUT2D eigenvalue weighted by Crippen LogP contribution is -2.12. The summed E-state index contributed by atoms with van der Waals surface area (Å²) in [6, 6.07) is 7.64. The van der Waals surface area contributed by atoms with Crippen molar-refractivity contribution in [3.8, 4) is 5.75 Å². The van der Waals surface area contributed by atoms with E-state index < -0.39 is 0 Å². The van der Waals surface area contributed by atoms with E-state index in [0.29, 0.717) is 6.61 Å². The van der Waals surface area contributed by atoms with Crippen LogP contribution in [0.3, 0.4) is 0 Å². The van der Waals surface area contributed by atoms with Crippen LogP contribution in [0.1, 0.15) is 19.4 Å². The van der Waals surface area contributed by atoms with E-state index in [4.69, 9.17) is 9.47 Å². The number of ether oxygens (including phenoxy) is 2. The van der Waals surface area contributed by atoms with Gasteiger partial charge in [0.15, 0.2) is 0 Å². The van der Waals surface area contributed by atoms with E-state index in [0.717, 1.165) is 11.3 Å². The lowest BCUT2D eigenvalue weighted by atomic mass is 10.1. The summed E-state index contributed by atoms with van der Waals surface area (Å²) in [5.74, 6) is 0.398. The molecule has 0 heterocycles. The molecule has 17 heavy (non-hydrogen) atoms. The highest BCUT2D eigenvalue weighted by Gasteiger charge is 2.09. The molecule has 3 heteroatoms. The summed E-state index contributed by atoms with van der Waals surface area (Å²) in [4.78, 5) is 11.4. The Balaban J connectivity index is 2.60. The zero-order valence-electron chi connectivity index (χ0n) is 10.5. The molecule has 0 aliphatic rings. The van der Waals surface area contributed by atoms with Gasteiger partial charge in [-0.25, -0.2) is 0 Å². The van der Waals surface area contributed by atoms with Crippen molar-refractivity contribution in [2.75, 3.05) is 13.7 Å². The van der Waals surface area contributed by atoms with Crippen molar-refractivity contribution in [3.63, 3.8) is 0 Å². The zero-order valence-corrected chi connectivity index (χ0v) is 10.5. The van der Waals surface area contributed by atoms with Gasteiger partial charge < -0.3 is 9.47 Å². The summed E-state index contributed by atoms with van der Waals surface area (Å²) in [5, 5.41) is 0. The van der Waals surface area contributed by atoms with Crippen LogP contribution in [0.5, 0.6) is 5.75 Å². The summed E-state index contributed by atoms with van der Waals surface area (Å²) in [7, 11) is 1.63. The Morgan fingerprint density at radius 2 is 2.00 bits per heavy atom. The van der Waals surface area contributed by atoms with Crippen LogP contribution >= 0.6 is 0 Å². The first-order valence-corrected chi connectivity index (χ1v) is 5.66. The van der Waals surface area contributed by atoms with E-state index in [1.807, 2.05) is 43.3 Å². The number of hydrogen-bond acceptors (Lipinski definition) is 3. The Hall–Kier alpha value is -1.77. The van der Waals surface area contributed by atoms with Gasteiger partial charge in [-0.15, -0.1) is 0 Å². The minimum atomic E-state index is -0.225. The molecule has 0 fully saturated rings. The summed E-state index contributed by atoms with van der Waals surface area (Å²) in [6.07, 6.45) is 3.74. The fraction of sp³-hybridized carbons (Fsp3) is 0.357. The van der Waals surface area contributed by atoms with Crippen LogP contribution in [0.25, 0.3) is 6.08 Å². The molecule has 0 aliphatic carbocycles. The number of carbonyl (C=O) groups excluding carboxylic acids is 1. The highest BCUT2D eigenvalue weighted by molar-refractivity contribution is 5.75. The first-order chi connectivity index (χ1) is 8.17. The number of esters is 1. The first kappa shape index (κ1) is 13.3. The highest BCUT2D eigenvalue weighted by Crippen LogP contribution is 2.13. The van der Waals surface area contributed by atoms with Gasteiger partial charge in [0.2, 0.25) is 0 Å². The lowest BCUT2D eigenvalue weighted by Gasteiger charge is -2.05. The predicted octanol–water partition coefficient (Wildman–Crippen LogP) is 2.91. The normalized spacial score (nSPS) is 12.4. The molecule has 3 nitrogen and oxygen atoms in total. The van der Waals surface area contributed by atoms with Gasteiger partial charge in [-0.2, -0.15) is 0 Å². The van der Waals surface area contributed by atoms with E-state index in [-0.39, 0.29) is 11.9 Å². The van der Waals surface area contributed by atoms with Gasteiger partial charge in [0.05, 0.1) is 19.6 Å².